The first-order valence-electron chi connectivity index (χ1n) is 7.19. The molecule has 1 heterocycles. The van der Waals surface area contributed by atoms with Gasteiger partial charge in [0.05, 0.1) is 16.8 Å². The van der Waals surface area contributed by atoms with Gasteiger partial charge in [0.15, 0.2) is 6.61 Å². The zero-order chi connectivity index (χ0) is 17.1. The summed E-state index contributed by atoms with van der Waals surface area (Å²) >= 11 is 0. The predicted octanol–water partition coefficient (Wildman–Crippen LogP) is 2.46. The van der Waals surface area contributed by atoms with Crippen LogP contribution in [0.1, 0.15) is 10.4 Å². The lowest BCUT2D eigenvalue weighted by atomic mass is 10.0. The Labute approximate surface area is 137 Å². The molecule has 0 aliphatic heterocycles. The highest BCUT2D eigenvalue weighted by Gasteiger charge is 2.12. The molecular weight excluding hydrogens is 308 g/mol. The summed E-state index contributed by atoms with van der Waals surface area (Å²) in [6.45, 7) is -0.198. The molecule has 24 heavy (non-hydrogen) atoms. The van der Waals surface area contributed by atoms with Gasteiger partial charge < -0.3 is 15.6 Å². The van der Waals surface area contributed by atoms with Gasteiger partial charge in [-0.25, -0.2) is 9.78 Å². The van der Waals surface area contributed by atoms with Gasteiger partial charge in [0.1, 0.15) is 5.75 Å². The number of amides is 1. The molecule has 0 spiro atoms. The number of para-hydroxylation sites is 1. The van der Waals surface area contributed by atoms with E-state index in [-0.39, 0.29) is 12.2 Å². The number of carbonyl (C=O) groups is 2. The highest BCUT2D eigenvalue weighted by molar-refractivity contribution is 6.03. The van der Waals surface area contributed by atoms with Crippen molar-refractivity contribution in [2.45, 2.75) is 0 Å². The molecule has 120 valence electrons. The Morgan fingerprint density at radius 1 is 1.08 bits per heavy atom. The van der Waals surface area contributed by atoms with Gasteiger partial charge in [-0.2, -0.15) is 0 Å². The predicted molar refractivity (Wildman–Crippen MR) is 88.8 cm³/mol. The van der Waals surface area contributed by atoms with E-state index in [4.69, 9.17) is 10.5 Å². The molecule has 3 N–H and O–H groups in total. The van der Waals surface area contributed by atoms with E-state index in [1.165, 1.54) is 0 Å². The molecule has 6 heteroatoms. The summed E-state index contributed by atoms with van der Waals surface area (Å²) in [4.78, 5) is 26.7. The molecule has 0 atom stereocenters. The van der Waals surface area contributed by atoms with Gasteiger partial charge in [0, 0.05) is 10.9 Å². The number of carbonyl (C=O) groups excluding carboxylic acids is 1. The van der Waals surface area contributed by atoms with Crippen LogP contribution in [0.4, 0.5) is 0 Å². The number of nitrogens with two attached hydrogens (primary N) is 1. The van der Waals surface area contributed by atoms with E-state index in [1.807, 2.05) is 6.07 Å². The van der Waals surface area contributed by atoms with E-state index < -0.39 is 11.9 Å². The number of primary amides is 1. The normalized spacial score (nSPS) is 10.5. The number of ether oxygens (including phenoxy) is 1. The smallest absolute Gasteiger partial charge is 0.336 e. The molecular formula is C18H14N2O4. The maximum atomic E-state index is 11.5. The fraction of sp³-hybridized carbons (Fsp3) is 0.0556. The average Bonchev–Trinajstić information content (AvgIpc) is 2.59. The molecule has 0 bridgehead atoms. The van der Waals surface area contributed by atoms with Crippen LogP contribution in [-0.4, -0.2) is 28.6 Å². The number of hydrogen-bond acceptors (Lipinski definition) is 4. The number of fused-ring (bicyclic) bond motifs is 1. The van der Waals surface area contributed by atoms with Crippen LogP contribution in [0.2, 0.25) is 0 Å². The number of aromatic carboxylic acids is 1. The lowest BCUT2D eigenvalue weighted by molar-refractivity contribution is -0.119. The molecule has 0 radical (unpaired) electrons. The zero-order valence-corrected chi connectivity index (χ0v) is 12.6. The average molecular weight is 322 g/mol. The van der Waals surface area contributed by atoms with Crippen molar-refractivity contribution in [3.63, 3.8) is 0 Å². The Kier molecular flexibility index (Phi) is 4.11. The minimum absolute atomic E-state index is 0.198. The van der Waals surface area contributed by atoms with Crippen LogP contribution in [0.3, 0.4) is 0 Å². The van der Waals surface area contributed by atoms with Gasteiger partial charge in [-0.05, 0) is 36.4 Å². The standard InChI is InChI=1S/C18H14N2O4/c19-17(21)10-24-12-7-5-11(6-8-12)16-9-14(18(22)23)13-3-1-2-4-15(13)20-16/h1-9H,10H2,(H2,19,21)(H,22,23). The molecule has 0 aliphatic rings. The number of carboxylic acid groups (broad SMARTS) is 1. The Hall–Kier alpha value is -3.41. The summed E-state index contributed by atoms with van der Waals surface area (Å²) in [5.41, 5.74) is 7.13. The first-order chi connectivity index (χ1) is 11.5. The third-order valence-corrected chi connectivity index (χ3v) is 3.48. The van der Waals surface area contributed by atoms with Crippen molar-refractivity contribution in [3.05, 3.63) is 60.2 Å². The van der Waals surface area contributed by atoms with Gasteiger partial charge in [-0.3, -0.25) is 4.79 Å². The minimum Gasteiger partial charge on any atom is -0.484 e. The molecule has 2 aromatic carbocycles. The van der Waals surface area contributed by atoms with Crippen molar-refractivity contribution >= 4 is 22.8 Å². The van der Waals surface area contributed by atoms with Crippen molar-refractivity contribution in [3.8, 4) is 17.0 Å². The van der Waals surface area contributed by atoms with Crippen LogP contribution in [0.5, 0.6) is 5.75 Å². The second-order valence-electron chi connectivity index (χ2n) is 5.16. The monoisotopic (exact) mass is 322 g/mol. The lowest BCUT2D eigenvalue weighted by Gasteiger charge is -2.08. The molecule has 6 nitrogen and oxygen atoms in total. The summed E-state index contributed by atoms with van der Waals surface area (Å²) in [6, 6.07) is 15.5. The molecule has 3 rings (SSSR count). The quantitative estimate of drug-likeness (QED) is 0.751. The largest absolute Gasteiger partial charge is 0.484 e. The number of hydrogen-bond donors (Lipinski definition) is 2. The zero-order valence-electron chi connectivity index (χ0n) is 12.6. The van der Waals surface area contributed by atoms with E-state index >= 15 is 0 Å². The second kappa shape index (κ2) is 6.37. The second-order valence-corrected chi connectivity index (χ2v) is 5.16. The summed E-state index contributed by atoms with van der Waals surface area (Å²) in [6.07, 6.45) is 0. The van der Waals surface area contributed by atoms with Crippen molar-refractivity contribution in [1.82, 2.24) is 4.98 Å². The third-order valence-electron chi connectivity index (χ3n) is 3.48. The molecule has 1 amide bonds. The van der Waals surface area contributed by atoms with E-state index in [2.05, 4.69) is 4.98 Å². The SMILES string of the molecule is NC(=O)COc1ccc(-c2cc(C(=O)O)c3ccccc3n2)cc1. The Balaban J connectivity index is 2.00. The van der Waals surface area contributed by atoms with Crippen molar-refractivity contribution in [2.24, 2.45) is 5.73 Å². The van der Waals surface area contributed by atoms with Crippen LogP contribution >= 0.6 is 0 Å². The lowest BCUT2D eigenvalue weighted by Crippen LogP contribution is -2.19. The topological polar surface area (TPSA) is 103 Å². The molecule has 3 aromatic rings. The summed E-state index contributed by atoms with van der Waals surface area (Å²) < 4.78 is 5.20. The van der Waals surface area contributed by atoms with Crippen LogP contribution in [0.25, 0.3) is 22.2 Å². The van der Waals surface area contributed by atoms with Crippen molar-refractivity contribution < 1.29 is 19.4 Å². The highest BCUT2D eigenvalue weighted by atomic mass is 16.5. The molecule has 0 saturated carbocycles. The number of benzene rings is 2. The van der Waals surface area contributed by atoms with Crippen LogP contribution in [0, 0.1) is 0 Å². The first-order valence-corrected chi connectivity index (χ1v) is 7.19. The van der Waals surface area contributed by atoms with Crippen LogP contribution < -0.4 is 10.5 Å². The highest BCUT2D eigenvalue weighted by Crippen LogP contribution is 2.26. The molecule has 0 unspecified atom stereocenters. The van der Waals surface area contributed by atoms with E-state index in [1.54, 1.807) is 48.5 Å². The Morgan fingerprint density at radius 3 is 2.46 bits per heavy atom. The van der Waals surface area contributed by atoms with Crippen LogP contribution in [-0.2, 0) is 4.79 Å². The van der Waals surface area contributed by atoms with E-state index in [0.717, 1.165) is 5.56 Å². The number of nitrogens with zero attached hydrogens (tertiary/aromatic N) is 1. The number of aromatic nitrogens is 1. The van der Waals surface area contributed by atoms with E-state index in [9.17, 15) is 14.7 Å². The summed E-state index contributed by atoms with van der Waals surface area (Å²) in [5, 5.41) is 10.0. The molecule has 0 aliphatic carbocycles. The van der Waals surface area contributed by atoms with Crippen molar-refractivity contribution in [2.75, 3.05) is 6.61 Å². The third kappa shape index (κ3) is 3.17. The molecule has 0 saturated heterocycles. The maximum Gasteiger partial charge on any atom is 0.336 e. The molecule has 0 fully saturated rings. The number of pyridine rings is 1. The van der Waals surface area contributed by atoms with E-state index in [0.29, 0.717) is 22.3 Å². The fourth-order valence-corrected chi connectivity index (χ4v) is 2.38. The van der Waals surface area contributed by atoms with Gasteiger partial charge in [-0.1, -0.05) is 18.2 Å². The first kappa shape index (κ1) is 15.5. The number of rotatable bonds is 5. The molecule has 1 aromatic heterocycles. The number of carboxylic acids is 1. The van der Waals surface area contributed by atoms with Gasteiger partial charge in [-0.15, -0.1) is 0 Å². The fourth-order valence-electron chi connectivity index (χ4n) is 2.38. The van der Waals surface area contributed by atoms with Gasteiger partial charge >= 0.3 is 5.97 Å². The summed E-state index contributed by atoms with van der Waals surface area (Å²) in [5.74, 6) is -1.06. The Morgan fingerprint density at radius 2 is 1.79 bits per heavy atom. The maximum absolute atomic E-state index is 11.5. The Bertz CT molecular complexity index is 920. The van der Waals surface area contributed by atoms with Crippen LogP contribution in [0.15, 0.2) is 54.6 Å². The van der Waals surface area contributed by atoms with Gasteiger partial charge in [0.2, 0.25) is 0 Å². The van der Waals surface area contributed by atoms with Gasteiger partial charge in [0.25, 0.3) is 5.91 Å². The minimum atomic E-state index is -1.00. The summed E-state index contributed by atoms with van der Waals surface area (Å²) in [7, 11) is 0. The van der Waals surface area contributed by atoms with Crippen molar-refractivity contribution in [1.29, 1.82) is 0 Å².